The first-order chi connectivity index (χ1) is 8.99. The second-order valence-electron chi connectivity index (χ2n) is 5.99. The number of anilines is 1. The number of rotatable bonds is 5. The molecule has 1 aromatic carbocycles. The van der Waals surface area contributed by atoms with Crippen molar-refractivity contribution in [1.29, 1.82) is 0 Å². The Kier molecular flexibility index (Phi) is 4.13. The number of carbonyl (C=O) groups excluding carboxylic acids is 1. The van der Waals surface area contributed by atoms with E-state index in [4.69, 9.17) is 5.73 Å². The summed E-state index contributed by atoms with van der Waals surface area (Å²) in [5, 5.41) is 0. The van der Waals surface area contributed by atoms with Gasteiger partial charge in [-0.2, -0.15) is 0 Å². The van der Waals surface area contributed by atoms with E-state index < -0.39 is 0 Å². The molecule has 1 fully saturated rings. The second-order valence-corrected chi connectivity index (χ2v) is 5.99. The highest BCUT2D eigenvalue weighted by atomic mass is 16.2. The van der Waals surface area contributed by atoms with Crippen molar-refractivity contribution in [1.82, 2.24) is 4.90 Å². The Morgan fingerprint density at radius 3 is 2.63 bits per heavy atom. The van der Waals surface area contributed by atoms with Gasteiger partial charge in [-0.1, -0.05) is 13.8 Å². The van der Waals surface area contributed by atoms with Gasteiger partial charge in [0.15, 0.2) is 0 Å². The van der Waals surface area contributed by atoms with Gasteiger partial charge in [0.2, 0.25) is 0 Å². The van der Waals surface area contributed by atoms with Crippen LogP contribution in [0.5, 0.6) is 0 Å². The second kappa shape index (κ2) is 5.64. The Morgan fingerprint density at radius 2 is 2.11 bits per heavy atom. The lowest BCUT2D eigenvalue weighted by atomic mass is 10.1. The van der Waals surface area contributed by atoms with Crippen LogP contribution in [-0.4, -0.2) is 23.4 Å². The number of nitrogens with two attached hydrogens (primary N) is 1. The van der Waals surface area contributed by atoms with Gasteiger partial charge in [0.1, 0.15) is 0 Å². The topological polar surface area (TPSA) is 46.3 Å². The van der Waals surface area contributed by atoms with Crippen LogP contribution in [0.1, 0.15) is 49.0 Å². The summed E-state index contributed by atoms with van der Waals surface area (Å²) in [6, 6.07) is 6.01. The van der Waals surface area contributed by atoms with Gasteiger partial charge in [-0.25, -0.2) is 0 Å². The number of aryl methyl sites for hydroxylation is 1. The van der Waals surface area contributed by atoms with Crippen LogP contribution in [0.2, 0.25) is 0 Å². The zero-order chi connectivity index (χ0) is 14.0. The molecule has 0 bridgehead atoms. The van der Waals surface area contributed by atoms with E-state index in [0.29, 0.717) is 17.6 Å². The molecule has 0 saturated heterocycles. The van der Waals surface area contributed by atoms with E-state index in [0.717, 1.165) is 36.9 Å². The van der Waals surface area contributed by atoms with Crippen molar-refractivity contribution in [3.05, 3.63) is 29.3 Å². The molecule has 1 aliphatic rings. The smallest absolute Gasteiger partial charge is 0.254 e. The molecule has 0 aromatic heterocycles. The molecular formula is C16H24N2O. The number of carbonyl (C=O) groups is 1. The minimum atomic E-state index is 0.167. The average Bonchev–Trinajstić information content (AvgIpc) is 3.13. The quantitative estimate of drug-likeness (QED) is 0.826. The summed E-state index contributed by atoms with van der Waals surface area (Å²) in [6.07, 6.45) is 3.37. The molecule has 2 rings (SSSR count). The van der Waals surface area contributed by atoms with Crippen LogP contribution in [0.15, 0.2) is 18.2 Å². The molecule has 1 saturated carbocycles. The molecule has 0 radical (unpaired) electrons. The summed E-state index contributed by atoms with van der Waals surface area (Å²) in [7, 11) is 0. The number of hydrogen-bond donors (Lipinski definition) is 1. The predicted octanol–water partition coefficient (Wildman–Crippen LogP) is 3.23. The SMILES string of the molecule is Cc1cc(N)ccc1C(=O)N(CCC(C)C)C1CC1. The van der Waals surface area contributed by atoms with Crippen LogP contribution in [0.25, 0.3) is 0 Å². The summed E-state index contributed by atoms with van der Waals surface area (Å²) in [5.74, 6) is 0.794. The summed E-state index contributed by atoms with van der Waals surface area (Å²) in [5.41, 5.74) is 8.23. The maximum atomic E-state index is 12.7. The molecule has 19 heavy (non-hydrogen) atoms. The van der Waals surface area contributed by atoms with Crippen molar-refractivity contribution in [3.63, 3.8) is 0 Å². The Bertz CT molecular complexity index is 464. The molecule has 0 spiro atoms. The lowest BCUT2D eigenvalue weighted by molar-refractivity contribution is 0.0735. The first-order valence-corrected chi connectivity index (χ1v) is 7.16. The van der Waals surface area contributed by atoms with Gasteiger partial charge in [0, 0.05) is 23.8 Å². The fourth-order valence-electron chi connectivity index (χ4n) is 2.31. The summed E-state index contributed by atoms with van der Waals surface area (Å²) >= 11 is 0. The molecular weight excluding hydrogens is 236 g/mol. The largest absolute Gasteiger partial charge is 0.399 e. The number of nitrogens with zero attached hydrogens (tertiary/aromatic N) is 1. The van der Waals surface area contributed by atoms with E-state index in [1.54, 1.807) is 0 Å². The van der Waals surface area contributed by atoms with Crippen LogP contribution in [-0.2, 0) is 0 Å². The predicted molar refractivity (Wildman–Crippen MR) is 79.1 cm³/mol. The first-order valence-electron chi connectivity index (χ1n) is 7.16. The number of nitrogen functional groups attached to an aromatic ring is 1. The van der Waals surface area contributed by atoms with E-state index in [2.05, 4.69) is 18.7 Å². The van der Waals surface area contributed by atoms with Gasteiger partial charge in [-0.15, -0.1) is 0 Å². The fraction of sp³-hybridized carbons (Fsp3) is 0.562. The minimum Gasteiger partial charge on any atom is -0.399 e. The van der Waals surface area contributed by atoms with Gasteiger partial charge >= 0.3 is 0 Å². The Labute approximate surface area is 115 Å². The molecule has 0 aliphatic heterocycles. The third-order valence-corrected chi connectivity index (χ3v) is 3.68. The van der Waals surface area contributed by atoms with Gasteiger partial charge in [-0.3, -0.25) is 4.79 Å². The summed E-state index contributed by atoms with van der Waals surface area (Å²) < 4.78 is 0. The van der Waals surface area contributed by atoms with Crippen molar-refractivity contribution in [2.45, 2.75) is 46.1 Å². The van der Waals surface area contributed by atoms with Gasteiger partial charge in [-0.05, 0) is 55.9 Å². The molecule has 1 aromatic rings. The summed E-state index contributed by atoms with van der Waals surface area (Å²) in [4.78, 5) is 14.7. The first kappa shape index (κ1) is 13.9. The lowest BCUT2D eigenvalue weighted by Gasteiger charge is -2.24. The summed E-state index contributed by atoms with van der Waals surface area (Å²) in [6.45, 7) is 7.22. The monoisotopic (exact) mass is 260 g/mol. The van der Waals surface area contributed by atoms with E-state index in [9.17, 15) is 4.79 Å². The number of hydrogen-bond acceptors (Lipinski definition) is 2. The van der Waals surface area contributed by atoms with Gasteiger partial charge in [0.25, 0.3) is 5.91 Å². The van der Waals surface area contributed by atoms with E-state index in [-0.39, 0.29) is 5.91 Å². The van der Waals surface area contributed by atoms with Gasteiger partial charge < -0.3 is 10.6 Å². The van der Waals surface area contributed by atoms with Crippen molar-refractivity contribution < 1.29 is 4.79 Å². The molecule has 104 valence electrons. The van der Waals surface area contributed by atoms with Crippen LogP contribution < -0.4 is 5.73 Å². The molecule has 1 aliphatic carbocycles. The van der Waals surface area contributed by atoms with Crippen LogP contribution >= 0.6 is 0 Å². The Morgan fingerprint density at radius 1 is 1.42 bits per heavy atom. The number of amides is 1. The maximum Gasteiger partial charge on any atom is 0.254 e. The highest BCUT2D eigenvalue weighted by Gasteiger charge is 2.33. The molecule has 3 nitrogen and oxygen atoms in total. The van der Waals surface area contributed by atoms with Crippen LogP contribution in [0.4, 0.5) is 5.69 Å². The molecule has 3 heteroatoms. The molecule has 0 unspecified atom stereocenters. The zero-order valence-corrected chi connectivity index (χ0v) is 12.1. The fourth-order valence-corrected chi connectivity index (χ4v) is 2.31. The minimum absolute atomic E-state index is 0.167. The highest BCUT2D eigenvalue weighted by molar-refractivity contribution is 5.96. The third kappa shape index (κ3) is 3.49. The van der Waals surface area contributed by atoms with Gasteiger partial charge in [0.05, 0.1) is 0 Å². The third-order valence-electron chi connectivity index (χ3n) is 3.68. The standard InChI is InChI=1S/C16H24N2O/c1-11(2)8-9-18(14-5-6-14)16(19)15-7-4-13(17)10-12(15)3/h4,7,10-11,14H,5-6,8-9,17H2,1-3H3. The molecule has 1 amide bonds. The van der Waals surface area contributed by atoms with Crippen LogP contribution in [0.3, 0.4) is 0 Å². The normalized spacial score (nSPS) is 14.7. The van der Waals surface area contributed by atoms with Crippen molar-refractivity contribution >= 4 is 11.6 Å². The van der Waals surface area contributed by atoms with Crippen molar-refractivity contribution in [2.75, 3.05) is 12.3 Å². The van der Waals surface area contributed by atoms with E-state index in [1.807, 2.05) is 25.1 Å². The van der Waals surface area contributed by atoms with Crippen LogP contribution in [0, 0.1) is 12.8 Å². The van der Waals surface area contributed by atoms with Crippen molar-refractivity contribution in [3.8, 4) is 0 Å². The van der Waals surface area contributed by atoms with E-state index in [1.165, 1.54) is 0 Å². The number of benzene rings is 1. The molecule has 0 heterocycles. The molecule has 2 N–H and O–H groups in total. The van der Waals surface area contributed by atoms with Crippen molar-refractivity contribution in [2.24, 2.45) is 5.92 Å². The average molecular weight is 260 g/mol. The maximum absolute atomic E-state index is 12.7. The van der Waals surface area contributed by atoms with E-state index >= 15 is 0 Å². The Balaban J connectivity index is 2.14. The highest BCUT2D eigenvalue weighted by Crippen LogP contribution is 2.29. The molecule has 0 atom stereocenters. The zero-order valence-electron chi connectivity index (χ0n) is 12.1. The lowest BCUT2D eigenvalue weighted by Crippen LogP contribution is -2.35. The Hall–Kier alpha value is -1.51.